The molecule has 1 aromatic carbocycles. The minimum atomic E-state index is -1.03. The fourth-order valence-corrected chi connectivity index (χ4v) is 1.99. The number of ether oxygens (including phenoxy) is 1. The molecule has 8 heteroatoms. The van der Waals surface area contributed by atoms with E-state index in [2.05, 4.69) is 4.74 Å². The highest BCUT2D eigenvalue weighted by atomic mass is 16.6. The number of carbonyl (C=O) groups excluding carboxylic acids is 3. The maximum atomic E-state index is 11.9. The van der Waals surface area contributed by atoms with Crippen LogP contribution < -0.4 is 0 Å². The highest BCUT2D eigenvalue weighted by Gasteiger charge is 2.21. The van der Waals surface area contributed by atoms with E-state index in [-0.39, 0.29) is 23.6 Å². The van der Waals surface area contributed by atoms with Gasteiger partial charge in [0.05, 0.1) is 22.9 Å². The Morgan fingerprint density at radius 2 is 2.09 bits per heavy atom. The number of hydrogen-bond donors (Lipinski definition) is 0. The summed E-state index contributed by atoms with van der Waals surface area (Å²) in [6.45, 7) is 1.62. The van der Waals surface area contributed by atoms with Crippen molar-refractivity contribution in [3.8, 4) is 5.69 Å². The van der Waals surface area contributed by atoms with Crippen LogP contribution in [0.1, 0.15) is 27.8 Å². The van der Waals surface area contributed by atoms with E-state index in [1.807, 2.05) is 0 Å². The highest BCUT2D eigenvalue weighted by Crippen LogP contribution is 2.20. The molecule has 1 heterocycles. The average Bonchev–Trinajstić information content (AvgIpc) is 2.98. The molecule has 0 aliphatic rings. The van der Waals surface area contributed by atoms with Crippen LogP contribution in [0.5, 0.6) is 0 Å². The van der Waals surface area contributed by atoms with Gasteiger partial charge in [-0.1, -0.05) is 6.07 Å². The fourth-order valence-electron chi connectivity index (χ4n) is 1.99. The third kappa shape index (κ3) is 3.31. The Bertz CT molecular complexity index is 793. The van der Waals surface area contributed by atoms with Gasteiger partial charge in [0.25, 0.3) is 11.5 Å². The fraction of sp³-hybridized carbons (Fsp3) is 0.133. The summed E-state index contributed by atoms with van der Waals surface area (Å²) in [6, 6.07) is 6.78. The van der Waals surface area contributed by atoms with Gasteiger partial charge in [-0.05, 0) is 19.1 Å². The van der Waals surface area contributed by atoms with Crippen LogP contribution in [-0.2, 0) is 9.53 Å². The summed E-state index contributed by atoms with van der Waals surface area (Å²) in [5.41, 5.74) is 0.214. The Kier molecular flexibility index (Phi) is 4.65. The predicted octanol–water partition coefficient (Wildman–Crippen LogP) is 1.94. The second-order valence-corrected chi connectivity index (χ2v) is 4.47. The van der Waals surface area contributed by atoms with Crippen molar-refractivity contribution in [3.63, 3.8) is 0 Å². The molecule has 0 saturated carbocycles. The molecule has 0 bridgehead atoms. The van der Waals surface area contributed by atoms with Gasteiger partial charge >= 0.3 is 5.97 Å². The molecular weight excluding hydrogens is 304 g/mol. The molecular formula is C15H12N2O6. The third-order valence-corrected chi connectivity index (χ3v) is 3.01. The number of nitro benzene ring substituents is 1. The zero-order valence-electron chi connectivity index (χ0n) is 12.1. The zero-order chi connectivity index (χ0) is 17.0. The molecule has 0 atom stereocenters. The number of carbonyl (C=O) groups is 3. The summed E-state index contributed by atoms with van der Waals surface area (Å²) in [6.07, 6.45) is 1.75. The average molecular weight is 316 g/mol. The molecule has 8 nitrogen and oxygen atoms in total. The molecule has 0 saturated heterocycles. The van der Waals surface area contributed by atoms with Crippen LogP contribution in [-0.4, -0.2) is 34.1 Å². The molecule has 2 rings (SSSR count). The maximum absolute atomic E-state index is 11.9. The van der Waals surface area contributed by atoms with Gasteiger partial charge in [0.2, 0.25) is 0 Å². The van der Waals surface area contributed by atoms with Crippen LogP contribution in [0.3, 0.4) is 0 Å². The lowest BCUT2D eigenvalue weighted by Crippen LogP contribution is -2.16. The Balaban J connectivity index is 2.46. The summed E-state index contributed by atoms with van der Waals surface area (Å²) < 4.78 is 5.92. The van der Waals surface area contributed by atoms with Crippen molar-refractivity contribution in [2.45, 2.75) is 6.92 Å². The van der Waals surface area contributed by atoms with Gasteiger partial charge in [-0.2, -0.15) is 0 Å². The van der Waals surface area contributed by atoms with Crippen molar-refractivity contribution in [1.29, 1.82) is 0 Å². The molecule has 118 valence electrons. The first-order valence-corrected chi connectivity index (χ1v) is 6.61. The van der Waals surface area contributed by atoms with Crippen LogP contribution in [0.25, 0.3) is 5.69 Å². The van der Waals surface area contributed by atoms with E-state index in [4.69, 9.17) is 0 Å². The van der Waals surface area contributed by atoms with Crippen LogP contribution in [0.4, 0.5) is 5.69 Å². The van der Waals surface area contributed by atoms with Crippen molar-refractivity contribution in [2.75, 3.05) is 6.61 Å². The number of Topliss-reactive ketones (excluding diaryl/α,β-unsaturated/α-hetero) is 1. The Hall–Kier alpha value is -3.29. The largest absolute Gasteiger partial charge is 0.460 e. The van der Waals surface area contributed by atoms with Gasteiger partial charge in [0.15, 0.2) is 6.29 Å². The van der Waals surface area contributed by atoms with E-state index >= 15 is 0 Å². The third-order valence-electron chi connectivity index (χ3n) is 3.01. The highest BCUT2D eigenvalue weighted by molar-refractivity contribution is 6.40. The molecule has 2 aromatic rings. The molecule has 0 unspecified atom stereocenters. The first kappa shape index (κ1) is 16.1. The van der Waals surface area contributed by atoms with Crippen molar-refractivity contribution in [1.82, 2.24) is 4.57 Å². The van der Waals surface area contributed by atoms with Crippen LogP contribution >= 0.6 is 0 Å². The number of hydrogen-bond acceptors (Lipinski definition) is 6. The molecule has 1 aromatic heterocycles. The van der Waals surface area contributed by atoms with Crippen LogP contribution in [0.15, 0.2) is 36.5 Å². The number of nitro groups is 1. The standard InChI is InChI=1S/C15H12N2O6/c1-2-23-15(20)14(19)10-6-13(9-18)16(8-10)11-4-3-5-12(7-11)17(21)22/h3-9H,2H2,1H3. The first-order valence-electron chi connectivity index (χ1n) is 6.61. The van der Waals surface area contributed by atoms with Crippen molar-refractivity contribution in [2.24, 2.45) is 0 Å². The van der Waals surface area contributed by atoms with Gasteiger partial charge in [0.1, 0.15) is 0 Å². The summed E-state index contributed by atoms with van der Waals surface area (Å²) in [5.74, 6) is -1.92. The number of aldehydes is 1. The van der Waals surface area contributed by atoms with Crippen LogP contribution in [0.2, 0.25) is 0 Å². The molecule has 0 spiro atoms. The van der Waals surface area contributed by atoms with E-state index in [0.717, 1.165) is 0 Å². The summed E-state index contributed by atoms with van der Waals surface area (Å²) in [4.78, 5) is 44.8. The Morgan fingerprint density at radius 3 is 2.70 bits per heavy atom. The smallest absolute Gasteiger partial charge is 0.379 e. The molecule has 0 fully saturated rings. The number of non-ortho nitro benzene ring substituents is 1. The van der Waals surface area contributed by atoms with E-state index in [0.29, 0.717) is 12.0 Å². The van der Waals surface area contributed by atoms with E-state index in [1.54, 1.807) is 13.0 Å². The quantitative estimate of drug-likeness (QED) is 0.201. The maximum Gasteiger partial charge on any atom is 0.379 e. The summed E-state index contributed by atoms with van der Waals surface area (Å²) >= 11 is 0. The van der Waals surface area contributed by atoms with Crippen molar-refractivity contribution in [3.05, 3.63) is 57.9 Å². The SMILES string of the molecule is CCOC(=O)C(=O)c1cc(C=O)n(-c2cccc([N+](=O)[O-])c2)c1. The van der Waals surface area contributed by atoms with Crippen molar-refractivity contribution >= 4 is 23.7 Å². The monoisotopic (exact) mass is 316 g/mol. The van der Waals surface area contributed by atoms with E-state index in [1.165, 1.54) is 35.0 Å². The van der Waals surface area contributed by atoms with E-state index in [9.17, 15) is 24.5 Å². The molecule has 23 heavy (non-hydrogen) atoms. The Labute approximate surface area is 130 Å². The normalized spacial score (nSPS) is 10.1. The van der Waals surface area contributed by atoms with Gasteiger partial charge in [-0.15, -0.1) is 0 Å². The van der Waals surface area contributed by atoms with Crippen LogP contribution in [0, 0.1) is 10.1 Å². The molecule has 0 N–H and O–H groups in total. The lowest BCUT2D eigenvalue weighted by atomic mass is 10.2. The van der Waals surface area contributed by atoms with Gasteiger partial charge in [0, 0.05) is 23.9 Å². The molecule has 0 aliphatic carbocycles. The number of aromatic nitrogens is 1. The lowest BCUT2D eigenvalue weighted by Gasteiger charge is -2.04. The summed E-state index contributed by atoms with van der Waals surface area (Å²) in [7, 11) is 0. The Morgan fingerprint density at radius 1 is 1.35 bits per heavy atom. The molecule has 0 aliphatic heterocycles. The molecule has 0 amide bonds. The topological polar surface area (TPSA) is 109 Å². The summed E-state index contributed by atoms with van der Waals surface area (Å²) in [5, 5.41) is 10.8. The number of esters is 1. The first-order chi connectivity index (χ1) is 11.0. The molecule has 0 radical (unpaired) electrons. The lowest BCUT2D eigenvalue weighted by molar-refractivity contribution is -0.384. The second kappa shape index (κ2) is 6.65. The second-order valence-electron chi connectivity index (χ2n) is 4.47. The van der Waals surface area contributed by atoms with Crippen molar-refractivity contribution < 1.29 is 24.0 Å². The number of ketones is 1. The van der Waals surface area contributed by atoms with Gasteiger partial charge < -0.3 is 9.30 Å². The van der Waals surface area contributed by atoms with E-state index < -0.39 is 16.7 Å². The number of nitrogens with zero attached hydrogens (tertiary/aromatic N) is 2. The van der Waals surface area contributed by atoms with Gasteiger partial charge in [-0.3, -0.25) is 19.7 Å². The predicted molar refractivity (Wildman–Crippen MR) is 78.8 cm³/mol. The number of benzene rings is 1. The van der Waals surface area contributed by atoms with Gasteiger partial charge in [-0.25, -0.2) is 4.79 Å². The number of rotatable bonds is 6. The minimum Gasteiger partial charge on any atom is -0.460 e. The minimum absolute atomic E-state index is 0.0305. The zero-order valence-corrected chi connectivity index (χ0v) is 12.1.